The molecule has 7 nitrogen and oxygen atoms in total. The molecule has 28 heavy (non-hydrogen) atoms. The van der Waals surface area contributed by atoms with Crippen LogP contribution in [0.15, 0.2) is 36.7 Å². The van der Waals surface area contributed by atoms with Crippen molar-refractivity contribution in [3.05, 3.63) is 47.8 Å². The predicted octanol–water partition coefficient (Wildman–Crippen LogP) is 2.16. The predicted molar refractivity (Wildman–Crippen MR) is 109 cm³/mol. The fourth-order valence-electron chi connectivity index (χ4n) is 3.50. The van der Waals surface area contributed by atoms with E-state index in [0.717, 1.165) is 48.9 Å². The van der Waals surface area contributed by atoms with Crippen molar-refractivity contribution in [1.29, 1.82) is 5.26 Å². The highest BCUT2D eigenvalue weighted by molar-refractivity contribution is 5.95. The van der Waals surface area contributed by atoms with E-state index in [-0.39, 0.29) is 5.91 Å². The van der Waals surface area contributed by atoms with E-state index in [2.05, 4.69) is 31.9 Å². The van der Waals surface area contributed by atoms with Crippen molar-refractivity contribution in [3.63, 3.8) is 0 Å². The molecule has 1 aliphatic heterocycles. The highest BCUT2D eigenvalue weighted by Crippen LogP contribution is 2.20. The summed E-state index contributed by atoms with van der Waals surface area (Å²) in [4.78, 5) is 27.7. The van der Waals surface area contributed by atoms with Crippen LogP contribution in [0.4, 0.5) is 11.6 Å². The fourth-order valence-corrected chi connectivity index (χ4v) is 3.50. The SMILES string of the molecule is Cc1cc(C)cc(N(CCC#N)C(=O)CN2CCN(c3ncccn3)CC2)c1. The molecule has 0 aliphatic carbocycles. The number of piperazine rings is 1. The summed E-state index contributed by atoms with van der Waals surface area (Å²) in [5.74, 6) is 0.768. The van der Waals surface area contributed by atoms with E-state index in [9.17, 15) is 4.79 Å². The maximum absolute atomic E-state index is 13.0. The van der Waals surface area contributed by atoms with Crippen LogP contribution in [0.2, 0.25) is 0 Å². The quantitative estimate of drug-likeness (QED) is 0.767. The van der Waals surface area contributed by atoms with E-state index < -0.39 is 0 Å². The van der Waals surface area contributed by atoms with Crippen molar-refractivity contribution >= 4 is 17.5 Å². The first-order chi connectivity index (χ1) is 13.6. The van der Waals surface area contributed by atoms with Crippen molar-refractivity contribution in [3.8, 4) is 6.07 Å². The van der Waals surface area contributed by atoms with Gasteiger partial charge in [0.2, 0.25) is 11.9 Å². The number of rotatable bonds is 6. The number of nitriles is 1. The van der Waals surface area contributed by atoms with Crippen molar-refractivity contribution in [1.82, 2.24) is 14.9 Å². The van der Waals surface area contributed by atoms with Gasteiger partial charge in [-0.25, -0.2) is 9.97 Å². The van der Waals surface area contributed by atoms with Gasteiger partial charge in [0.25, 0.3) is 0 Å². The van der Waals surface area contributed by atoms with Gasteiger partial charge >= 0.3 is 0 Å². The van der Waals surface area contributed by atoms with Crippen LogP contribution in [0.3, 0.4) is 0 Å². The zero-order chi connectivity index (χ0) is 19.9. The van der Waals surface area contributed by atoms with Crippen LogP contribution < -0.4 is 9.80 Å². The molecule has 0 saturated carbocycles. The summed E-state index contributed by atoms with van der Waals surface area (Å²) < 4.78 is 0. The number of hydrogen-bond acceptors (Lipinski definition) is 6. The normalized spacial score (nSPS) is 14.5. The van der Waals surface area contributed by atoms with Gasteiger partial charge in [0, 0.05) is 50.8 Å². The van der Waals surface area contributed by atoms with Gasteiger partial charge in [-0.05, 0) is 43.2 Å². The third-order valence-corrected chi connectivity index (χ3v) is 4.83. The van der Waals surface area contributed by atoms with Crippen LogP contribution in [-0.2, 0) is 4.79 Å². The minimum Gasteiger partial charge on any atom is -0.338 e. The molecule has 1 fully saturated rings. The molecule has 1 aromatic carbocycles. The smallest absolute Gasteiger partial charge is 0.241 e. The maximum Gasteiger partial charge on any atom is 0.241 e. The minimum absolute atomic E-state index is 0.0321. The number of anilines is 2. The summed E-state index contributed by atoms with van der Waals surface area (Å²) in [6, 6.07) is 10.1. The lowest BCUT2D eigenvalue weighted by Gasteiger charge is -2.35. The van der Waals surface area contributed by atoms with Crippen molar-refractivity contribution in [2.45, 2.75) is 20.3 Å². The third-order valence-electron chi connectivity index (χ3n) is 4.83. The Balaban J connectivity index is 1.63. The van der Waals surface area contributed by atoms with E-state index in [4.69, 9.17) is 5.26 Å². The minimum atomic E-state index is 0.0321. The molecule has 3 rings (SSSR count). The summed E-state index contributed by atoms with van der Waals surface area (Å²) >= 11 is 0. The molecule has 0 N–H and O–H groups in total. The summed E-state index contributed by atoms with van der Waals surface area (Å²) in [6.45, 7) is 7.95. The van der Waals surface area contributed by atoms with Crippen LogP contribution in [0, 0.1) is 25.2 Å². The van der Waals surface area contributed by atoms with Gasteiger partial charge in [0.15, 0.2) is 0 Å². The van der Waals surface area contributed by atoms with Gasteiger partial charge < -0.3 is 9.80 Å². The zero-order valence-corrected chi connectivity index (χ0v) is 16.5. The third kappa shape index (κ3) is 5.05. The molecule has 1 aliphatic rings. The molecule has 2 aromatic rings. The molecular weight excluding hydrogens is 352 g/mol. The van der Waals surface area contributed by atoms with Crippen molar-refractivity contribution in [2.24, 2.45) is 0 Å². The summed E-state index contributed by atoms with van der Waals surface area (Å²) in [5, 5.41) is 9.00. The lowest BCUT2D eigenvalue weighted by Crippen LogP contribution is -2.50. The number of aryl methyl sites for hydroxylation is 2. The van der Waals surface area contributed by atoms with Crippen LogP contribution in [0.25, 0.3) is 0 Å². The molecule has 1 amide bonds. The lowest BCUT2D eigenvalue weighted by atomic mass is 10.1. The number of amides is 1. The second-order valence-corrected chi connectivity index (χ2v) is 7.11. The molecule has 146 valence electrons. The van der Waals surface area contributed by atoms with E-state index in [0.29, 0.717) is 19.5 Å². The molecule has 0 radical (unpaired) electrons. The van der Waals surface area contributed by atoms with Gasteiger partial charge in [-0.15, -0.1) is 0 Å². The molecule has 0 unspecified atom stereocenters. The zero-order valence-electron chi connectivity index (χ0n) is 16.5. The second kappa shape index (κ2) is 9.29. The van der Waals surface area contributed by atoms with Gasteiger partial charge in [-0.3, -0.25) is 9.69 Å². The Hall–Kier alpha value is -2.98. The molecule has 0 bridgehead atoms. The molecule has 2 heterocycles. The lowest BCUT2D eigenvalue weighted by molar-refractivity contribution is -0.119. The first-order valence-corrected chi connectivity index (χ1v) is 9.57. The Morgan fingerprint density at radius 2 is 1.75 bits per heavy atom. The Kier molecular flexibility index (Phi) is 6.56. The fraction of sp³-hybridized carbons (Fsp3) is 0.429. The number of carbonyl (C=O) groups excluding carboxylic acids is 1. The van der Waals surface area contributed by atoms with E-state index in [1.807, 2.05) is 26.0 Å². The van der Waals surface area contributed by atoms with Crippen LogP contribution >= 0.6 is 0 Å². The summed E-state index contributed by atoms with van der Waals surface area (Å²) in [5.41, 5.74) is 3.09. The standard InChI is InChI=1S/C21H26N6O/c1-17-13-18(2)15-19(14-17)27(8-3-5-22)20(28)16-25-9-11-26(12-10-25)21-23-6-4-7-24-21/h4,6-7,13-15H,3,8-12,16H2,1-2H3. The molecule has 0 atom stereocenters. The number of nitrogens with zero attached hydrogens (tertiary/aromatic N) is 6. The Labute approximate surface area is 166 Å². The molecule has 1 aromatic heterocycles. The largest absolute Gasteiger partial charge is 0.338 e. The average Bonchev–Trinajstić information content (AvgIpc) is 2.69. The number of benzene rings is 1. The maximum atomic E-state index is 13.0. The van der Waals surface area contributed by atoms with Gasteiger partial charge in [-0.1, -0.05) is 6.07 Å². The van der Waals surface area contributed by atoms with Crippen molar-refractivity contribution in [2.75, 3.05) is 49.1 Å². The average molecular weight is 378 g/mol. The van der Waals surface area contributed by atoms with Gasteiger partial charge in [-0.2, -0.15) is 5.26 Å². The van der Waals surface area contributed by atoms with E-state index in [1.165, 1.54) is 0 Å². The Morgan fingerprint density at radius 3 is 2.36 bits per heavy atom. The monoisotopic (exact) mass is 378 g/mol. The van der Waals surface area contributed by atoms with Gasteiger partial charge in [0.05, 0.1) is 19.0 Å². The summed E-state index contributed by atoms with van der Waals surface area (Å²) in [7, 11) is 0. The number of hydrogen-bond donors (Lipinski definition) is 0. The molecule has 0 spiro atoms. The number of aromatic nitrogens is 2. The molecular formula is C21H26N6O. The summed E-state index contributed by atoms with van der Waals surface area (Å²) in [6.07, 6.45) is 3.81. The van der Waals surface area contributed by atoms with Crippen LogP contribution in [0.1, 0.15) is 17.5 Å². The Bertz CT molecular complexity index is 819. The highest BCUT2D eigenvalue weighted by Gasteiger charge is 2.23. The first-order valence-electron chi connectivity index (χ1n) is 9.57. The Morgan fingerprint density at radius 1 is 1.11 bits per heavy atom. The first kappa shape index (κ1) is 19.8. The van der Waals surface area contributed by atoms with E-state index >= 15 is 0 Å². The van der Waals surface area contributed by atoms with E-state index in [1.54, 1.807) is 23.4 Å². The molecule has 7 heteroatoms. The highest BCUT2D eigenvalue weighted by atomic mass is 16.2. The van der Waals surface area contributed by atoms with Crippen LogP contribution in [-0.4, -0.2) is 60.0 Å². The molecule has 1 saturated heterocycles. The van der Waals surface area contributed by atoms with Gasteiger partial charge in [0.1, 0.15) is 0 Å². The topological polar surface area (TPSA) is 76.4 Å². The second-order valence-electron chi connectivity index (χ2n) is 7.11. The number of carbonyl (C=O) groups is 1. The van der Waals surface area contributed by atoms with Crippen LogP contribution in [0.5, 0.6) is 0 Å². The van der Waals surface area contributed by atoms with Crippen molar-refractivity contribution < 1.29 is 4.79 Å².